The van der Waals surface area contributed by atoms with Crippen molar-refractivity contribution in [1.29, 1.82) is 0 Å². The monoisotopic (exact) mass is 390 g/mol. The van der Waals surface area contributed by atoms with Crippen LogP contribution in [0.4, 0.5) is 11.5 Å². The molecule has 2 aliphatic heterocycles. The molecule has 1 aromatic carbocycles. The van der Waals surface area contributed by atoms with Crippen molar-refractivity contribution < 1.29 is 9.59 Å². The van der Waals surface area contributed by atoms with Gasteiger partial charge in [-0.25, -0.2) is 9.98 Å². The number of pyridine rings is 1. The molecule has 0 unspecified atom stereocenters. The Morgan fingerprint density at radius 3 is 2.68 bits per heavy atom. The first-order chi connectivity index (χ1) is 13.5. The van der Waals surface area contributed by atoms with Gasteiger partial charge >= 0.3 is 0 Å². The summed E-state index contributed by atoms with van der Waals surface area (Å²) in [5, 5.41) is 0.491. The van der Waals surface area contributed by atoms with E-state index in [0.717, 1.165) is 16.9 Å². The number of rotatable bonds is 3. The topological polar surface area (TPSA) is 65.9 Å². The van der Waals surface area contributed by atoms with Crippen LogP contribution in [0.15, 0.2) is 65.0 Å². The van der Waals surface area contributed by atoms with Crippen LogP contribution in [0, 0.1) is 6.92 Å². The van der Waals surface area contributed by atoms with E-state index in [1.165, 1.54) is 16.7 Å². The summed E-state index contributed by atoms with van der Waals surface area (Å²) in [6.45, 7) is 5.92. The van der Waals surface area contributed by atoms with Crippen LogP contribution in [0.25, 0.3) is 5.57 Å². The minimum Gasteiger partial charge on any atom is -0.311 e. The van der Waals surface area contributed by atoms with Crippen molar-refractivity contribution in [2.75, 3.05) is 18.5 Å². The molecule has 140 valence electrons. The summed E-state index contributed by atoms with van der Waals surface area (Å²) in [6.07, 6.45) is 1.64. The van der Waals surface area contributed by atoms with Gasteiger partial charge in [0.05, 0.1) is 16.2 Å². The number of amides is 2. The minimum absolute atomic E-state index is 0.189. The number of likely N-dealkylation sites (N-methyl/N-ethyl adjacent to an activating group) is 1. The highest BCUT2D eigenvalue weighted by atomic mass is 32.2. The van der Waals surface area contributed by atoms with E-state index >= 15 is 0 Å². The number of aliphatic imine (C=N–C) groups is 1. The first kappa shape index (κ1) is 18.2. The number of carbonyl (C=O) groups excluding carboxylic acids is 2. The molecule has 1 fully saturated rings. The summed E-state index contributed by atoms with van der Waals surface area (Å²) in [6, 6.07) is 13.0. The van der Waals surface area contributed by atoms with Gasteiger partial charge in [-0.05, 0) is 36.9 Å². The second kappa shape index (κ2) is 7.09. The molecule has 1 aromatic heterocycles. The third-order valence-electron chi connectivity index (χ3n) is 4.54. The molecule has 0 saturated carbocycles. The zero-order valence-electron chi connectivity index (χ0n) is 15.5. The number of nitrogens with zero attached hydrogens (tertiary/aromatic N) is 4. The maximum absolute atomic E-state index is 13.1. The lowest BCUT2D eigenvalue weighted by Gasteiger charge is -2.12. The number of hydrogen-bond donors (Lipinski definition) is 0. The van der Waals surface area contributed by atoms with Gasteiger partial charge in [-0.15, -0.1) is 6.58 Å². The van der Waals surface area contributed by atoms with E-state index in [9.17, 15) is 9.59 Å². The highest BCUT2D eigenvalue weighted by Crippen LogP contribution is 2.44. The molecule has 28 heavy (non-hydrogen) atoms. The van der Waals surface area contributed by atoms with E-state index < -0.39 is 0 Å². The number of thioether (sulfide) groups is 1. The number of fused-ring (bicyclic) bond motifs is 1. The van der Waals surface area contributed by atoms with Crippen LogP contribution < -0.4 is 4.90 Å². The standard InChI is InChI=1S/C21H18N4O2S/c1-4-12-25-20(27)18(28-21(25)23-16-11-7-8-13(2)22-16)17-14-9-5-6-10-15(14)24(3)19(17)26/h4-11H,1,12H2,2-3H3/b18-17-,23-21+. The van der Waals surface area contributed by atoms with Crippen LogP contribution in [-0.4, -0.2) is 40.5 Å². The fraction of sp³-hybridized carbons (Fsp3) is 0.143. The summed E-state index contributed by atoms with van der Waals surface area (Å²) in [7, 11) is 1.71. The van der Waals surface area contributed by atoms with E-state index in [2.05, 4.69) is 16.6 Å². The number of aryl methyl sites for hydroxylation is 1. The molecule has 4 rings (SSSR count). The number of amidine groups is 1. The number of anilines is 1. The van der Waals surface area contributed by atoms with Gasteiger partial charge in [-0.1, -0.05) is 30.3 Å². The Hall–Kier alpha value is -3.19. The average molecular weight is 390 g/mol. The van der Waals surface area contributed by atoms with Crippen molar-refractivity contribution in [3.05, 3.63) is 71.3 Å². The lowest BCUT2D eigenvalue weighted by molar-refractivity contribution is -0.122. The van der Waals surface area contributed by atoms with Crippen LogP contribution in [0.5, 0.6) is 0 Å². The van der Waals surface area contributed by atoms with Crippen LogP contribution >= 0.6 is 11.8 Å². The first-order valence-corrected chi connectivity index (χ1v) is 9.57. The Labute approximate surface area is 167 Å². The Kier molecular flexibility index (Phi) is 4.60. The summed E-state index contributed by atoms with van der Waals surface area (Å²) in [5.41, 5.74) is 2.82. The molecule has 0 bridgehead atoms. The predicted octanol–water partition coefficient (Wildman–Crippen LogP) is 3.53. The van der Waals surface area contributed by atoms with Crippen molar-refractivity contribution in [2.24, 2.45) is 4.99 Å². The van der Waals surface area contributed by atoms with E-state index in [-0.39, 0.29) is 11.8 Å². The largest absolute Gasteiger partial charge is 0.311 e. The average Bonchev–Trinajstić information content (AvgIpc) is 3.11. The van der Waals surface area contributed by atoms with E-state index in [4.69, 9.17) is 0 Å². The quantitative estimate of drug-likeness (QED) is 0.594. The van der Waals surface area contributed by atoms with Crippen molar-refractivity contribution in [2.45, 2.75) is 6.92 Å². The number of aromatic nitrogens is 1. The molecule has 3 heterocycles. The molecule has 2 aromatic rings. The second-order valence-corrected chi connectivity index (χ2v) is 7.40. The third kappa shape index (κ3) is 2.93. The summed E-state index contributed by atoms with van der Waals surface area (Å²) in [5.74, 6) is 0.0844. The Morgan fingerprint density at radius 1 is 1.14 bits per heavy atom. The van der Waals surface area contributed by atoms with Crippen molar-refractivity contribution >= 4 is 45.8 Å². The van der Waals surface area contributed by atoms with E-state index in [1.807, 2.05) is 43.3 Å². The van der Waals surface area contributed by atoms with Gasteiger partial charge < -0.3 is 4.90 Å². The smallest absolute Gasteiger partial charge is 0.267 e. The van der Waals surface area contributed by atoms with Gasteiger partial charge in [0.2, 0.25) is 0 Å². The van der Waals surface area contributed by atoms with Crippen LogP contribution in [0.2, 0.25) is 0 Å². The molecule has 6 nitrogen and oxygen atoms in total. The summed E-state index contributed by atoms with van der Waals surface area (Å²) >= 11 is 1.20. The highest BCUT2D eigenvalue weighted by molar-refractivity contribution is 8.18. The first-order valence-electron chi connectivity index (χ1n) is 8.76. The molecule has 2 aliphatic rings. The van der Waals surface area contributed by atoms with Gasteiger partial charge in [-0.3, -0.25) is 14.5 Å². The van der Waals surface area contributed by atoms with Crippen molar-refractivity contribution in [1.82, 2.24) is 9.88 Å². The molecular weight excluding hydrogens is 372 g/mol. The van der Waals surface area contributed by atoms with E-state index in [1.54, 1.807) is 24.1 Å². The molecule has 0 radical (unpaired) electrons. The van der Waals surface area contributed by atoms with E-state index in [0.29, 0.717) is 28.0 Å². The fourth-order valence-corrected chi connectivity index (χ4v) is 4.30. The van der Waals surface area contributed by atoms with Crippen molar-refractivity contribution in [3.63, 3.8) is 0 Å². The fourth-order valence-electron chi connectivity index (χ4n) is 3.21. The number of carbonyl (C=O) groups is 2. The molecule has 0 spiro atoms. The molecular formula is C21H18N4O2S. The normalized spacial score (nSPS) is 20.3. The SMILES string of the molecule is C=CCN1C(=O)/C(=C2/C(=O)N(C)c3ccccc32)S/C1=N/c1cccc(C)n1. The molecule has 7 heteroatoms. The summed E-state index contributed by atoms with van der Waals surface area (Å²) < 4.78 is 0. The lowest BCUT2D eigenvalue weighted by Crippen LogP contribution is -2.29. The maximum Gasteiger partial charge on any atom is 0.267 e. The van der Waals surface area contributed by atoms with Gasteiger partial charge in [-0.2, -0.15) is 0 Å². The number of para-hydroxylation sites is 1. The second-order valence-electron chi connectivity index (χ2n) is 6.42. The van der Waals surface area contributed by atoms with Crippen LogP contribution in [-0.2, 0) is 9.59 Å². The molecule has 0 atom stereocenters. The Bertz CT molecular complexity index is 1070. The molecule has 2 amide bonds. The Balaban J connectivity index is 1.84. The Morgan fingerprint density at radius 2 is 1.93 bits per heavy atom. The zero-order valence-corrected chi connectivity index (χ0v) is 16.4. The van der Waals surface area contributed by atoms with Gasteiger partial charge in [0.1, 0.15) is 0 Å². The molecule has 0 N–H and O–H groups in total. The van der Waals surface area contributed by atoms with Crippen LogP contribution in [0.3, 0.4) is 0 Å². The lowest BCUT2D eigenvalue weighted by atomic mass is 10.1. The van der Waals surface area contributed by atoms with Gasteiger partial charge in [0.15, 0.2) is 11.0 Å². The summed E-state index contributed by atoms with van der Waals surface area (Å²) in [4.78, 5) is 38.4. The van der Waals surface area contributed by atoms with Gasteiger partial charge in [0.25, 0.3) is 11.8 Å². The maximum atomic E-state index is 13.1. The zero-order chi connectivity index (χ0) is 19.8. The van der Waals surface area contributed by atoms with Crippen molar-refractivity contribution in [3.8, 4) is 0 Å². The molecule has 0 aliphatic carbocycles. The van der Waals surface area contributed by atoms with Crippen LogP contribution in [0.1, 0.15) is 11.3 Å². The van der Waals surface area contributed by atoms with Gasteiger partial charge in [0, 0.05) is 24.8 Å². The predicted molar refractivity (Wildman–Crippen MR) is 112 cm³/mol. The minimum atomic E-state index is -0.246. The number of benzene rings is 1. The highest BCUT2D eigenvalue weighted by Gasteiger charge is 2.41. The third-order valence-corrected chi connectivity index (χ3v) is 5.62. The number of hydrogen-bond acceptors (Lipinski definition) is 5. The molecule has 1 saturated heterocycles.